The molecular formula is C15H23N3O3S. The summed E-state index contributed by atoms with van der Waals surface area (Å²) < 4.78 is 26.0. The molecule has 0 spiro atoms. The molecule has 0 atom stereocenters. The molecule has 0 radical (unpaired) electrons. The topological polar surface area (TPSA) is 87.3 Å². The van der Waals surface area contributed by atoms with Gasteiger partial charge in [-0.25, -0.2) is 13.1 Å². The number of carbonyl (C=O) groups is 1. The first-order chi connectivity index (χ1) is 10.5. The van der Waals surface area contributed by atoms with E-state index < -0.39 is 10.0 Å². The lowest BCUT2D eigenvalue weighted by Crippen LogP contribution is -2.34. The maximum Gasteiger partial charge on any atom is 0.240 e. The first-order valence-corrected chi connectivity index (χ1v) is 9.05. The fraction of sp³-hybridized carbons (Fsp3) is 0.533. The van der Waals surface area contributed by atoms with Crippen molar-refractivity contribution in [2.75, 3.05) is 19.6 Å². The van der Waals surface area contributed by atoms with E-state index in [1.54, 1.807) is 31.2 Å². The van der Waals surface area contributed by atoms with Crippen molar-refractivity contribution in [2.45, 2.75) is 31.2 Å². The molecule has 22 heavy (non-hydrogen) atoms. The smallest absolute Gasteiger partial charge is 0.240 e. The van der Waals surface area contributed by atoms with Gasteiger partial charge in [-0.3, -0.25) is 4.79 Å². The van der Waals surface area contributed by atoms with Crippen LogP contribution < -0.4 is 15.4 Å². The zero-order chi connectivity index (χ0) is 16.0. The van der Waals surface area contributed by atoms with Crippen LogP contribution in [0.15, 0.2) is 29.2 Å². The third-order valence-electron chi connectivity index (χ3n) is 3.47. The molecule has 1 fully saturated rings. The molecule has 1 amide bonds. The van der Waals surface area contributed by atoms with Gasteiger partial charge in [0.2, 0.25) is 15.9 Å². The summed E-state index contributed by atoms with van der Waals surface area (Å²) in [6, 6.07) is 6.51. The number of amides is 1. The Balaban J connectivity index is 1.76. The van der Waals surface area contributed by atoms with Crippen LogP contribution in [0.4, 0.5) is 0 Å². The lowest BCUT2D eigenvalue weighted by molar-refractivity contribution is -0.120. The second kappa shape index (κ2) is 7.71. The largest absolute Gasteiger partial charge is 0.351 e. The van der Waals surface area contributed by atoms with Crippen molar-refractivity contribution in [2.24, 2.45) is 5.92 Å². The zero-order valence-electron chi connectivity index (χ0n) is 12.8. The highest BCUT2D eigenvalue weighted by Crippen LogP contribution is 2.27. The fourth-order valence-corrected chi connectivity index (χ4v) is 3.08. The molecular weight excluding hydrogens is 302 g/mol. The Bertz CT molecular complexity index is 595. The molecule has 1 aliphatic carbocycles. The van der Waals surface area contributed by atoms with Gasteiger partial charge in [0.05, 0.1) is 11.4 Å². The molecule has 1 saturated carbocycles. The van der Waals surface area contributed by atoms with Crippen molar-refractivity contribution >= 4 is 15.9 Å². The molecule has 1 aromatic rings. The zero-order valence-corrected chi connectivity index (χ0v) is 13.6. The molecule has 6 nitrogen and oxygen atoms in total. The second-order valence-electron chi connectivity index (χ2n) is 5.50. The van der Waals surface area contributed by atoms with Crippen LogP contribution in [-0.2, 0) is 21.4 Å². The molecule has 7 heteroatoms. The van der Waals surface area contributed by atoms with Gasteiger partial charge in [0.15, 0.2) is 0 Å². The van der Waals surface area contributed by atoms with Gasteiger partial charge in [-0.15, -0.1) is 0 Å². The summed E-state index contributed by atoms with van der Waals surface area (Å²) in [6.07, 6.45) is 2.52. The van der Waals surface area contributed by atoms with Crippen LogP contribution in [0, 0.1) is 5.92 Å². The highest BCUT2D eigenvalue weighted by Gasteiger charge is 2.20. The maximum atomic E-state index is 11.8. The molecule has 122 valence electrons. The number of hydrogen-bond acceptors (Lipinski definition) is 4. The molecule has 0 unspecified atom stereocenters. The Morgan fingerprint density at radius 2 is 1.91 bits per heavy atom. The van der Waals surface area contributed by atoms with Gasteiger partial charge in [-0.05, 0) is 43.0 Å². The van der Waals surface area contributed by atoms with E-state index in [-0.39, 0.29) is 10.8 Å². The van der Waals surface area contributed by atoms with Gasteiger partial charge in [-0.2, -0.15) is 0 Å². The van der Waals surface area contributed by atoms with Crippen LogP contribution >= 0.6 is 0 Å². The van der Waals surface area contributed by atoms with Crippen molar-refractivity contribution in [3.63, 3.8) is 0 Å². The van der Waals surface area contributed by atoms with Crippen molar-refractivity contribution < 1.29 is 13.2 Å². The molecule has 0 saturated heterocycles. The van der Waals surface area contributed by atoms with Crippen LogP contribution in [-0.4, -0.2) is 34.0 Å². The molecule has 3 N–H and O–H groups in total. The van der Waals surface area contributed by atoms with Gasteiger partial charge in [0, 0.05) is 13.1 Å². The van der Waals surface area contributed by atoms with Crippen molar-refractivity contribution in [3.8, 4) is 0 Å². The third kappa shape index (κ3) is 5.40. The summed E-state index contributed by atoms with van der Waals surface area (Å²) in [7, 11) is -3.42. The number of benzene rings is 1. The molecule has 0 bridgehead atoms. The van der Waals surface area contributed by atoms with E-state index in [1.807, 2.05) is 0 Å². The summed E-state index contributed by atoms with van der Waals surface area (Å²) in [5.41, 5.74) is 0.867. The Hall–Kier alpha value is -1.44. The SMILES string of the molecule is CCNS(=O)(=O)c1ccc(CNC(=O)CNCC2CC2)cc1. The van der Waals surface area contributed by atoms with Gasteiger partial charge in [0.25, 0.3) is 0 Å². The first kappa shape index (κ1) is 16.9. The fourth-order valence-electron chi connectivity index (χ4n) is 2.03. The quantitative estimate of drug-likeness (QED) is 0.620. The normalized spacial score (nSPS) is 14.8. The standard InChI is InChI=1S/C15H23N3O3S/c1-2-18-22(20,21)14-7-5-13(6-8-14)10-17-15(19)11-16-9-12-3-4-12/h5-8,12,16,18H,2-4,9-11H2,1H3,(H,17,19). The minimum atomic E-state index is -3.42. The molecule has 0 aliphatic heterocycles. The van der Waals surface area contributed by atoms with E-state index >= 15 is 0 Å². The average molecular weight is 325 g/mol. The van der Waals surface area contributed by atoms with E-state index in [0.29, 0.717) is 19.6 Å². The van der Waals surface area contributed by atoms with Crippen LogP contribution in [0.1, 0.15) is 25.3 Å². The molecule has 0 heterocycles. The Kier molecular flexibility index (Phi) is 5.93. The number of sulfonamides is 1. The van der Waals surface area contributed by atoms with E-state index in [2.05, 4.69) is 15.4 Å². The second-order valence-corrected chi connectivity index (χ2v) is 7.26. The van der Waals surface area contributed by atoms with Crippen molar-refractivity contribution in [1.29, 1.82) is 0 Å². The summed E-state index contributed by atoms with van der Waals surface area (Å²) in [5, 5.41) is 5.94. The number of hydrogen-bond donors (Lipinski definition) is 3. The lowest BCUT2D eigenvalue weighted by Gasteiger charge is -2.08. The van der Waals surface area contributed by atoms with Crippen LogP contribution in [0.3, 0.4) is 0 Å². The Labute approximate surface area is 131 Å². The van der Waals surface area contributed by atoms with E-state index in [9.17, 15) is 13.2 Å². The Morgan fingerprint density at radius 3 is 2.50 bits per heavy atom. The van der Waals surface area contributed by atoms with Gasteiger partial charge >= 0.3 is 0 Å². The molecule has 0 aromatic heterocycles. The van der Waals surface area contributed by atoms with Gasteiger partial charge in [-0.1, -0.05) is 19.1 Å². The average Bonchev–Trinajstić information content (AvgIpc) is 3.30. The van der Waals surface area contributed by atoms with Gasteiger partial charge < -0.3 is 10.6 Å². The van der Waals surface area contributed by atoms with E-state index in [1.165, 1.54) is 12.8 Å². The van der Waals surface area contributed by atoms with E-state index in [4.69, 9.17) is 0 Å². The van der Waals surface area contributed by atoms with E-state index in [0.717, 1.165) is 18.0 Å². The van der Waals surface area contributed by atoms with Crippen LogP contribution in [0.25, 0.3) is 0 Å². The summed E-state index contributed by atoms with van der Waals surface area (Å²) in [4.78, 5) is 11.9. The maximum absolute atomic E-state index is 11.8. The highest BCUT2D eigenvalue weighted by atomic mass is 32.2. The Morgan fingerprint density at radius 1 is 1.23 bits per heavy atom. The van der Waals surface area contributed by atoms with Crippen molar-refractivity contribution in [1.82, 2.24) is 15.4 Å². The summed E-state index contributed by atoms with van der Waals surface area (Å²) >= 11 is 0. The lowest BCUT2D eigenvalue weighted by atomic mass is 10.2. The predicted molar refractivity (Wildman–Crippen MR) is 84.7 cm³/mol. The molecule has 2 rings (SSSR count). The molecule has 1 aliphatic rings. The summed E-state index contributed by atoms with van der Waals surface area (Å²) in [6.45, 7) is 3.71. The van der Waals surface area contributed by atoms with Crippen molar-refractivity contribution in [3.05, 3.63) is 29.8 Å². The minimum absolute atomic E-state index is 0.0509. The number of carbonyl (C=O) groups excluding carboxylic acids is 1. The highest BCUT2D eigenvalue weighted by molar-refractivity contribution is 7.89. The first-order valence-electron chi connectivity index (χ1n) is 7.57. The summed E-state index contributed by atoms with van der Waals surface area (Å²) in [5.74, 6) is 0.698. The van der Waals surface area contributed by atoms with Crippen LogP contribution in [0.5, 0.6) is 0 Å². The minimum Gasteiger partial charge on any atom is -0.351 e. The molecule has 1 aromatic carbocycles. The third-order valence-corrected chi connectivity index (χ3v) is 5.03. The predicted octanol–water partition coefficient (Wildman–Crippen LogP) is 0.601. The number of rotatable bonds is 9. The number of nitrogens with one attached hydrogen (secondary N) is 3. The monoisotopic (exact) mass is 325 g/mol. The van der Waals surface area contributed by atoms with Gasteiger partial charge in [0.1, 0.15) is 0 Å². The van der Waals surface area contributed by atoms with Crippen LogP contribution in [0.2, 0.25) is 0 Å².